The summed E-state index contributed by atoms with van der Waals surface area (Å²) in [5.41, 5.74) is 0.460. The maximum atomic E-state index is 11.6. The Labute approximate surface area is 121 Å². The Hall–Kier alpha value is -3.08. The first-order valence-corrected chi connectivity index (χ1v) is 6.19. The molecule has 0 saturated heterocycles. The summed E-state index contributed by atoms with van der Waals surface area (Å²) in [5, 5.41) is 11.1. The first kappa shape index (κ1) is 14.3. The third kappa shape index (κ3) is 4.50. The van der Waals surface area contributed by atoms with Gasteiger partial charge in [-0.3, -0.25) is 4.79 Å². The van der Waals surface area contributed by atoms with Gasteiger partial charge < -0.3 is 15.2 Å². The summed E-state index contributed by atoms with van der Waals surface area (Å²) in [4.78, 5) is 22.0. The predicted octanol–water partition coefficient (Wildman–Crippen LogP) is 3.06. The summed E-state index contributed by atoms with van der Waals surface area (Å²) in [6.07, 6.45) is 1.72. The Morgan fingerprint density at radius 3 is 2.33 bits per heavy atom. The third-order valence-corrected chi connectivity index (χ3v) is 2.49. The van der Waals surface area contributed by atoms with Crippen LogP contribution >= 0.6 is 0 Å². The van der Waals surface area contributed by atoms with E-state index in [1.54, 1.807) is 36.4 Å². The van der Waals surface area contributed by atoms with Crippen molar-refractivity contribution in [1.82, 2.24) is 0 Å². The molecule has 0 atom stereocenters. The number of carboxylic acids is 1. The Morgan fingerprint density at radius 1 is 0.952 bits per heavy atom. The van der Waals surface area contributed by atoms with Crippen LogP contribution in [-0.4, -0.2) is 17.0 Å². The number of carbonyl (C=O) groups excluding carboxylic acids is 1. The van der Waals surface area contributed by atoms with Crippen LogP contribution in [0.15, 0.2) is 66.7 Å². The minimum Gasteiger partial charge on any atom is -0.478 e. The molecule has 0 spiro atoms. The second-order valence-electron chi connectivity index (χ2n) is 4.07. The Balaban J connectivity index is 2.14. The number of ether oxygens (including phenoxy) is 1. The lowest BCUT2D eigenvalue weighted by molar-refractivity contribution is -0.131. The molecule has 1 amide bonds. The van der Waals surface area contributed by atoms with Crippen molar-refractivity contribution in [3.05, 3.63) is 66.7 Å². The smallest absolute Gasteiger partial charge is 0.328 e. The van der Waals surface area contributed by atoms with Crippen LogP contribution in [0.3, 0.4) is 0 Å². The number of hydrogen-bond donors (Lipinski definition) is 2. The SMILES string of the molecule is O=C(O)/C=C/C(=O)Nc1ccccc1Oc1ccccc1. The van der Waals surface area contributed by atoms with Gasteiger partial charge in [-0.15, -0.1) is 0 Å². The highest BCUT2D eigenvalue weighted by molar-refractivity contribution is 6.03. The van der Waals surface area contributed by atoms with Crippen LogP contribution in [0.4, 0.5) is 5.69 Å². The minimum atomic E-state index is -1.18. The fourth-order valence-corrected chi connectivity index (χ4v) is 1.60. The van der Waals surface area contributed by atoms with Gasteiger partial charge in [-0.2, -0.15) is 0 Å². The van der Waals surface area contributed by atoms with Crippen LogP contribution in [0.2, 0.25) is 0 Å². The summed E-state index contributed by atoms with van der Waals surface area (Å²) < 4.78 is 5.68. The number of carboxylic acid groups (broad SMARTS) is 1. The highest BCUT2D eigenvalue weighted by Gasteiger charge is 2.06. The molecule has 0 saturated carbocycles. The maximum Gasteiger partial charge on any atom is 0.328 e. The number of rotatable bonds is 5. The zero-order valence-corrected chi connectivity index (χ0v) is 11.0. The van der Waals surface area contributed by atoms with Crippen LogP contribution in [-0.2, 0) is 9.59 Å². The number of hydrogen-bond acceptors (Lipinski definition) is 3. The molecule has 0 radical (unpaired) electrons. The van der Waals surface area contributed by atoms with Crippen molar-refractivity contribution in [1.29, 1.82) is 0 Å². The van der Waals surface area contributed by atoms with Crippen LogP contribution in [0.25, 0.3) is 0 Å². The molecule has 5 heteroatoms. The van der Waals surface area contributed by atoms with Crippen molar-refractivity contribution in [3.63, 3.8) is 0 Å². The molecule has 0 unspecified atom stereocenters. The topological polar surface area (TPSA) is 75.6 Å². The molecule has 2 rings (SSSR count). The van der Waals surface area contributed by atoms with E-state index in [-0.39, 0.29) is 0 Å². The van der Waals surface area contributed by atoms with Crippen molar-refractivity contribution >= 4 is 17.6 Å². The summed E-state index contributed by atoms with van der Waals surface area (Å²) in [6.45, 7) is 0. The Kier molecular flexibility index (Phi) is 4.71. The van der Waals surface area contributed by atoms with Gasteiger partial charge in [-0.25, -0.2) is 4.79 Å². The first-order valence-electron chi connectivity index (χ1n) is 6.19. The van der Waals surface area contributed by atoms with E-state index in [2.05, 4.69) is 5.32 Å². The van der Waals surface area contributed by atoms with Crippen molar-refractivity contribution in [3.8, 4) is 11.5 Å². The van der Waals surface area contributed by atoms with Crippen LogP contribution in [0.5, 0.6) is 11.5 Å². The van der Waals surface area contributed by atoms with Gasteiger partial charge in [-0.05, 0) is 24.3 Å². The predicted molar refractivity (Wildman–Crippen MR) is 78.4 cm³/mol. The van der Waals surface area contributed by atoms with Crippen molar-refractivity contribution in [2.24, 2.45) is 0 Å². The monoisotopic (exact) mass is 283 g/mol. The van der Waals surface area contributed by atoms with Gasteiger partial charge in [0.1, 0.15) is 5.75 Å². The van der Waals surface area contributed by atoms with Gasteiger partial charge in [0.05, 0.1) is 5.69 Å². The van der Waals surface area contributed by atoms with Gasteiger partial charge in [0.15, 0.2) is 5.75 Å². The molecule has 0 aliphatic heterocycles. The van der Waals surface area contributed by atoms with Crippen molar-refractivity contribution < 1.29 is 19.4 Å². The normalized spacial score (nSPS) is 10.3. The number of para-hydroxylation sites is 3. The van der Waals surface area contributed by atoms with E-state index in [1.165, 1.54) is 0 Å². The number of amides is 1. The van der Waals surface area contributed by atoms with Crippen molar-refractivity contribution in [2.45, 2.75) is 0 Å². The van der Waals surface area contributed by atoms with Crippen LogP contribution in [0.1, 0.15) is 0 Å². The molecule has 0 aliphatic rings. The van der Waals surface area contributed by atoms with E-state index < -0.39 is 11.9 Å². The highest BCUT2D eigenvalue weighted by atomic mass is 16.5. The van der Waals surface area contributed by atoms with Gasteiger partial charge in [-0.1, -0.05) is 30.3 Å². The molecule has 0 bridgehead atoms. The molecule has 2 N–H and O–H groups in total. The lowest BCUT2D eigenvalue weighted by atomic mass is 10.2. The van der Waals surface area contributed by atoms with Crippen LogP contribution < -0.4 is 10.1 Å². The second kappa shape index (κ2) is 6.91. The largest absolute Gasteiger partial charge is 0.478 e. The molecule has 2 aromatic carbocycles. The van der Waals surface area contributed by atoms with Gasteiger partial charge in [0.25, 0.3) is 0 Å². The fraction of sp³-hybridized carbons (Fsp3) is 0. The number of anilines is 1. The minimum absolute atomic E-state index is 0.460. The van der Waals surface area contributed by atoms with Gasteiger partial charge >= 0.3 is 5.97 Å². The summed E-state index contributed by atoms with van der Waals surface area (Å²) in [6, 6.07) is 16.0. The molecule has 2 aromatic rings. The second-order valence-corrected chi connectivity index (χ2v) is 4.07. The number of benzene rings is 2. The summed E-state index contributed by atoms with van der Waals surface area (Å²) in [7, 11) is 0. The average molecular weight is 283 g/mol. The number of nitrogens with one attached hydrogen (secondary N) is 1. The summed E-state index contributed by atoms with van der Waals surface area (Å²) in [5.74, 6) is -0.610. The fourth-order valence-electron chi connectivity index (χ4n) is 1.60. The van der Waals surface area contributed by atoms with Crippen LogP contribution in [0, 0.1) is 0 Å². The molecule has 5 nitrogen and oxygen atoms in total. The average Bonchev–Trinajstić information content (AvgIpc) is 2.48. The van der Waals surface area contributed by atoms with E-state index >= 15 is 0 Å². The van der Waals surface area contributed by atoms with Crippen molar-refractivity contribution in [2.75, 3.05) is 5.32 Å². The molecule has 0 fully saturated rings. The molecular formula is C16H13NO4. The standard InChI is InChI=1S/C16H13NO4/c18-15(10-11-16(19)20)17-13-8-4-5-9-14(13)21-12-6-2-1-3-7-12/h1-11H,(H,17,18)(H,19,20)/b11-10+. The zero-order chi connectivity index (χ0) is 15.1. The number of carbonyl (C=O) groups is 2. The molecule has 0 heterocycles. The molecule has 106 valence electrons. The quantitative estimate of drug-likeness (QED) is 0.827. The molecule has 21 heavy (non-hydrogen) atoms. The molecule has 0 aromatic heterocycles. The highest BCUT2D eigenvalue weighted by Crippen LogP contribution is 2.28. The Bertz CT molecular complexity index is 665. The van der Waals surface area contributed by atoms with E-state index in [1.807, 2.05) is 18.2 Å². The van der Waals surface area contributed by atoms with E-state index in [0.29, 0.717) is 17.2 Å². The van der Waals surface area contributed by atoms with Gasteiger partial charge in [0.2, 0.25) is 5.91 Å². The first-order chi connectivity index (χ1) is 10.1. The van der Waals surface area contributed by atoms with E-state index in [9.17, 15) is 9.59 Å². The maximum absolute atomic E-state index is 11.6. The number of aliphatic carboxylic acids is 1. The van der Waals surface area contributed by atoms with E-state index in [4.69, 9.17) is 9.84 Å². The van der Waals surface area contributed by atoms with Gasteiger partial charge in [0, 0.05) is 12.2 Å². The lowest BCUT2D eigenvalue weighted by Crippen LogP contribution is -2.09. The lowest BCUT2D eigenvalue weighted by Gasteiger charge is -2.11. The summed E-state index contributed by atoms with van der Waals surface area (Å²) >= 11 is 0. The zero-order valence-electron chi connectivity index (χ0n) is 11.0. The molecule has 0 aliphatic carbocycles. The third-order valence-electron chi connectivity index (χ3n) is 2.49. The van der Waals surface area contributed by atoms with E-state index in [0.717, 1.165) is 12.2 Å². The molecular weight excluding hydrogens is 270 g/mol. The Morgan fingerprint density at radius 2 is 1.62 bits per heavy atom.